The maximum absolute atomic E-state index is 13.1. The number of hydrogen-bond donors (Lipinski definition) is 1. The standard InChI is InChI=1S/C21H13F3N4O/c22-21(23,24)14-8-10-26-18(11-14)16-5-1-3-13-6-7-17(28-19(13)16)20(29)27-15-4-2-9-25-12-15/h1-12H,(H,27,29). The van der Waals surface area contributed by atoms with Crippen molar-refractivity contribution < 1.29 is 18.0 Å². The van der Waals surface area contributed by atoms with Crippen molar-refractivity contribution in [1.29, 1.82) is 0 Å². The minimum atomic E-state index is -4.48. The fourth-order valence-corrected chi connectivity index (χ4v) is 2.87. The molecule has 5 nitrogen and oxygen atoms in total. The molecule has 1 aromatic carbocycles. The fraction of sp³-hybridized carbons (Fsp3) is 0.0476. The summed E-state index contributed by atoms with van der Waals surface area (Å²) in [7, 11) is 0. The summed E-state index contributed by atoms with van der Waals surface area (Å²) in [6.45, 7) is 0. The van der Waals surface area contributed by atoms with Crippen molar-refractivity contribution in [2.24, 2.45) is 0 Å². The highest BCUT2D eigenvalue weighted by Gasteiger charge is 2.31. The van der Waals surface area contributed by atoms with E-state index < -0.39 is 17.6 Å². The van der Waals surface area contributed by atoms with Crippen LogP contribution in [0.15, 0.2) is 73.2 Å². The third-order valence-corrected chi connectivity index (χ3v) is 4.24. The molecular formula is C21H13F3N4O. The van der Waals surface area contributed by atoms with Gasteiger partial charge in [-0.25, -0.2) is 4.98 Å². The Morgan fingerprint density at radius 3 is 2.59 bits per heavy atom. The summed E-state index contributed by atoms with van der Waals surface area (Å²) in [6, 6.07) is 13.6. The molecule has 4 aromatic rings. The number of nitrogens with zero attached hydrogens (tertiary/aromatic N) is 3. The first-order chi connectivity index (χ1) is 13.9. The number of anilines is 1. The maximum atomic E-state index is 13.1. The molecule has 0 bridgehead atoms. The Morgan fingerprint density at radius 2 is 1.83 bits per heavy atom. The van der Waals surface area contributed by atoms with Gasteiger partial charge >= 0.3 is 6.18 Å². The van der Waals surface area contributed by atoms with Crippen LogP contribution in [0.1, 0.15) is 16.1 Å². The number of amides is 1. The minimum Gasteiger partial charge on any atom is -0.319 e. The minimum absolute atomic E-state index is 0.126. The summed E-state index contributed by atoms with van der Waals surface area (Å²) in [5.74, 6) is -0.452. The second-order valence-electron chi connectivity index (χ2n) is 6.20. The second kappa shape index (κ2) is 7.31. The van der Waals surface area contributed by atoms with Crippen LogP contribution in [0.3, 0.4) is 0 Å². The number of nitrogens with one attached hydrogen (secondary N) is 1. The SMILES string of the molecule is O=C(Nc1cccnc1)c1ccc2cccc(-c3cc(C(F)(F)F)ccn3)c2n1. The van der Waals surface area contributed by atoms with Gasteiger partial charge in [0, 0.05) is 23.3 Å². The Hall–Kier alpha value is -3.81. The summed E-state index contributed by atoms with van der Waals surface area (Å²) in [5.41, 5.74) is 0.753. The Labute approximate surface area is 163 Å². The predicted molar refractivity (Wildman–Crippen MR) is 102 cm³/mol. The van der Waals surface area contributed by atoms with E-state index in [-0.39, 0.29) is 11.4 Å². The van der Waals surface area contributed by atoms with Gasteiger partial charge in [-0.15, -0.1) is 0 Å². The number of para-hydroxylation sites is 1. The topological polar surface area (TPSA) is 67.8 Å². The van der Waals surface area contributed by atoms with Crippen molar-refractivity contribution in [2.75, 3.05) is 5.32 Å². The molecule has 0 unspecified atom stereocenters. The van der Waals surface area contributed by atoms with Crippen LogP contribution >= 0.6 is 0 Å². The Bertz CT molecular complexity index is 1190. The molecule has 0 saturated heterocycles. The number of alkyl halides is 3. The quantitative estimate of drug-likeness (QED) is 0.533. The van der Waals surface area contributed by atoms with Gasteiger partial charge in [-0.1, -0.05) is 24.3 Å². The molecule has 144 valence electrons. The number of carbonyl (C=O) groups is 1. The monoisotopic (exact) mass is 394 g/mol. The Kier molecular flexibility index (Phi) is 4.67. The van der Waals surface area contributed by atoms with Crippen LogP contribution in [0.5, 0.6) is 0 Å². The molecule has 0 aliphatic rings. The number of carbonyl (C=O) groups excluding carboxylic acids is 1. The molecule has 0 radical (unpaired) electrons. The van der Waals surface area contributed by atoms with E-state index in [9.17, 15) is 18.0 Å². The molecule has 0 spiro atoms. The molecule has 1 N–H and O–H groups in total. The number of hydrogen-bond acceptors (Lipinski definition) is 4. The van der Waals surface area contributed by atoms with Crippen LogP contribution in [-0.2, 0) is 6.18 Å². The second-order valence-corrected chi connectivity index (χ2v) is 6.20. The number of pyridine rings is 3. The van der Waals surface area contributed by atoms with Crippen LogP contribution in [0.25, 0.3) is 22.2 Å². The van der Waals surface area contributed by atoms with Crippen molar-refractivity contribution in [3.63, 3.8) is 0 Å². The predicted octanol–water partition coefficient (Wildman–Crippen LogP) is 4.96. The summed E-state index contributed by atoms with van der Waals surface area (Å²) in [4.78, 5) is 24.9. The van der Waals surface area contributed by atoms with Gasteiger partial charge in [0.2, 0.25) is 0 Å². The highest BCUT2D eigenvalue weighted by Crippen LogP contribution is 2.33. The van der Waals surface area contributed by atoms with Gasteiger partial charge in [0.25, 0.3) is 5.91 Å². The lowest BCUT2D eigenvalue weighted by atomic mass is 10.0. The molecule has 0 atom stereocenters. The Morgan fingerprint density at radius 1 is 0.966 bits per heavy atom. The summed E-state index contributed by atoms with van der Waals surface area (Å²) >= 11 is 0. The lowest BCUT2D eigenvalue weighted by molar-refractivity contribution is -0.137. The molecule has 0 fully saturated rings. The van der Waals surface area contributed by atoms with E-state index in [1.165, 1.54) is 6.20 Å². The largest absolute Gasteiger partial charge is 0.416 e. The first kappa shape index (κ1) is 18.5. The molecule has 3 heterocycles. The number of halogens is 3. The lowest BCUT2D eigenvalue weighted by Gasteiger charge is -2.10. The van der Waals surface area contributed by atoms with Crippen molar-refractivity contribution in [1.82, 2.24) is 15.0 Å². The third-order valence-electron chi connectivity index (χ3n) is 4.24. The van der Waals surface area contributed by atoms with Crippen molar-refractivity contribution in [3.8, 4) is 11.3 Å². The third kappa shape index (κ3) is 3.91. The van der Waals surface area contributed by atoms with E-state index in [0.717, 1.165) is 18.3 Å². The van der Waals surface area contributed by atoms with E-state index in [1.807, 2.05) is 0 Å². The van der Waals surface area contributed by atoms with Crippen molar-refractivity contribution in [3.05, 3.63) is 84.4 Å². The van der Waals surface area contributed by atoms with Crippen LogP contribution in [-0.4, -0.2) is 20.9 Å². The molecule has 0 saturated carbocycles. The van der Waals surface area contributed by atoms with E-state index in [2.05, 4.69) is 20.3 Å². The molecule has 8 heteroatoms. The normalized spacial score (nSPS) is 11.4. The lowest BCUT2D eigenvalue weighted by Crippen LogP contribution is -2.13. The number of benzene rings is 1. The molecular weight excluding hydrogens is 381 g/mol. The molecule has 3 aromatic heterocycles. The van der Waals surface area contributed by atoms with Gasteiger partial charge in [0.1, 0.15) is 5.69 Å². The van der Waals surface area contributed by atoms with Crippen LogP contribution in [0.2, 0.25) is 0 Å². The number of fused-ring (bicyclic) bond motifs is 1. The van der Waals surface area contributed by atoms with Gasteiger partial charge < -0.3 is 5.32 Å². The zero-order valence-corrected chi connectivity index (χ0v) is 14.8. The highest BCUT2D eigenvalue weighted by atomic mass is 19.4. The van der Waals surface area contributed by atoms with Crippen LogP contribution in [0, 0.1) is 0 Å². The Balaban J connectivity index is 1.76. The smallest absolute Gasteiger partial charge is 0.319 e. The fourth-order valence-electron chi connectivity index (χ4n) is 2.87. The average Bonchev–Trinajstić information content (AvgIpc) is 2.73. The van der Waals surface area contributed by atoms with Gasteiger partial charge in [-0.05, 0) is 30.3 Å². The number of rotatable bonds is 3. The van der Waals surface area contributed by atoms with E-state index >= 15 is 0 Å². The first-order valence-electron chi connectivity index (χ1n) is 8.56. The van der Waals surface area contributed by atoms with Gasteiger partial charge in [0.05, 0.1) is 28.7 Å². The molecule has 29 heavy (non-hydrogen) atoms. The van der Waals surface area contributed by atoms with Gasteiger partial charge in [-0.2, -0.15) is 13.2 Å². The van der Waals surface area contributed by atoms with Crippen LogP contribution in [0.4, 0.5) is 18.9 Å². The summed E-state index contributed by atoms with van der Waals surface area (Å²) < 4.78 is 39.2. The molecule has 0 aliphatic heterocycles. The average molecular weight is 394 g/mol. The van der Waals surface area contributed by atoms with E-state index in [0.29, 0.717) is 22.2 Å². The molecule has 0 aliphatic carbocycles. The van der Waals surface area contributed by atoms with Crippen LogP contribution < -0.4 is 5.32 Å². The van der Waals surface area contributed by atoms with E-state index in [1.54, 1.807) is 48.7 Å². The summed E-state index contributed by atoms with van der Waals surface area (Å²) in [5, 5.41) is 3.36. The highest BCUT2D eigenvalue weighted by molar-refractivity contribution is 6.05. The van der Waals surface area contributed by atoms with Crippen molar-refractivity contribution in [2.45, 2.75) is 6.18 Å². The van der Waals surface area contributed by atoms with Gasteiger partial charge in [-0.3, -0.25) is 14.8 Å². The summed E-state index contributed by atoms with van der Waals surface area (Å²) in [6.07, 6.45) is -0.296. The molecule has 4 rings (SSSR count). The zero-order chi connectivity index (χ0) is 20.4. The van der Waals surface area contributed by atoms with Gasteiger partial charge in [0.15, 0.2) is 0 Å². The maximum Gasteiger partial charge on any atom is 0.416 e. The zero-order valence-electron chi connectivity index (χ0n) is 14.8. The first-order valence-corrected chi connectivity index (χ1v) is 8.56. The number of aromatic nitrogens is 3. The molecule has 1 amide bonds. The van der Waals surface area contributed by atoms with E-state index in [4.69, 9.17) is 0 Å². The van der Waals surface area contributed by atoms with Crippen molar-refractivity contribution >= 4 is 22.5 Å².